The highest BCUT2D eigenvalue weighted by Gasteiger charge is 2.41. The monoisotopic (exact) mass is 345 g/mol. The molecule has 0 bridgehead atoms. The SMILES string of the molecule is C=CCC.CC1=C(C=N)C2S/C(=C(\C#N)n3cncn3)SC2C1. The first-order valence-electron chi connectivity index (χ1n) is 7.29. The lowest BCUT2D eigenvalue weighted by Gasteiger charge is -2.06. The van der Waals surface area contributed by atoms with E-state index >= 15 is 0 Å². The van der Waals surface area contributed by atoms with Crippen LogP contribution >= 0.6 is 23.5 Å². The van der Waals surface area contributed by atoms with Gasteiger partial charge in [0.1, 0.15) is 18.7 Å². The molecule has 23 heavy (non-hydrogen) atoms. The Bertz CT molecular complexity index is 682. The molecule has 1 N–H and O–H groups in total. The van der Waals surface area contributed by atoms with Gasteiger partial charge in [-0.25, -0.2) is 9.67 Å². The van der Waals surface area contributed by atoms with Gasteiger partial charge in [-0.1, -0.05) is 18.6 Å². The van der Waals surface area contributed by atoms with Crippen molar-refractivity contribution in [1.82, 2.24) is 14.8 Å². The Kier molecular flexibility index (Phi) is 6.25. The van der Waals surface area contributed by atoms with Gasteiger partial charge in [0.05, 0.1) is 4.24 Å². The Hall–Kier alpha value is -1.78. The quantitative estimate of drug-likeness (QED) is 0.507. The van der Waals surface area contributed by atoms with Crippen molar-refractivity contribution in [1.29, 1.82) is 10.7 Å². The summed E-state index contributed by atoms with van der Waals surface area (Å²) in [6.45, 7) is 7.63. The number of hydrogen-bond acceptors (Lipinski definition) is 6. The Morgan fingerprint density at radius 1 is 1.61 bits per heavy atom. The van der Waals surface area contributed by atoms with Gasteiger partial charge in [0.25, 0.3) is 0 Å². The molecule has 7 heteroatoms. The van der Waals surface area contributed by atoms with Gasteiger partial charge in [-0.3, -0.25) is 0 Å². The zero-order valence-corrected chi connectivity index (χ0v) is 14.8. The van der Waals surface area contributed by atoms with Crippen LogP contribution in [0.2, 0.25) is 0 Å². The molecule has 1 aromatic heterocycles. The number of hydrogen-bond donors (Lipinski definition) is 1. The second-order valence-electron chi connectivity index (χ2n) is 5.06. The van der Waals surface area contributed by atoms with Crippen molar-refractivity contribution in [2.45, 2.75) is 37.2 Å². The molecule has 2 aliphatic rings. The predicted octanol–water partition coefficient (Wildman–Crippen LogP) is 4.10. The maximum Gasteiger partial charge on any atom is 0.163 e. The van der Waals surface area contributed by atoms with Crippen molar-refractivity contribution in [3.05, 3.63) is 40.7 Å². The zero-order chi connectivity index (χ0) is 16.8. The molecular weight excluding hydrogens is 326 g/mol. The van der Waals surface area contributed by atoms with Crippen LogP contribution in [0, 0.1) is 16.7 Å². The average molecular weight is 345 g/mol. The topological polar surface area (TPSA) is 78.4 Å². The maximum absolute atomic E-state index is 9.32. The van der Waals surface area contributed by atoms with E-state index in [1.54, 1.807) is 29.9 Å². The van der Waals surface area contributed by atoms with E-state index in [1.807, 2.05) is 6.08 Å². The number of thioether (sulfide) groups is 2. The smallest absolute Gasteiger partial charge is 0.163 e. The van der Waals surface area contributed by atoms with Gasteiger partial charge in [-0.05, 0) is 25.3 Å². The lowest BCUT2D eigenvalue weighted by molar-refractivity contribution is 0.911. The number of fused-ring (bicyclic) bond motifs is 1. The molecule has 1 aliphatic heterocycles. The molecule has 0 radical (unpaired) electrons. The number of aromatic nitrogens is 3. The number of nitrogens with zero attached hydrogens (tertiary/aromatic N) is 4. The Balaban J connectivity index is 0.000000433. The third kappa shape index (κ3) is 3.77. The molecule has 1 saturated heterocycles. The molecule has 0 amide bonds. The summed E-state index contributed by atoms with van der Waals surface area (Å²) in [5.74, 6) is 0. The second kappa shape index (κ2) is 8.18. The van der Waals surface area contributed by atoms with E-state index in [-0.39, 0.29) is 0 Å². The summed E-state index contributed by atoms with van der Waals surface area (Å²) in [6, 6.07) is 2.21. The first kappa shape index (κ1) is 17.6. The highest BCUT2D eigenvalue weighted by atomic mass is 32.2. The van der Waals surface area contributed by atoms with Gasteiger partial charge in [0.15, 0.2) is 5.70 Å². The Labute approximate surface area is 145 Å². The van der Waals surface area contributed by atoms with Crippen molar-refractivity contribution in [3.8, 4) is 6.07 Å². The van der Waals surface area contributed by atoms with E-state index in [2.05, 4.69) is 36.6 Å². The van der Waals surface area contributed by atoms with Crippen LogP contribution in [0.3, 0.4) is 0 Å². The van der Waals surface area contributed by atoms with Crippen molar-refractivity contribution < 1.29 is 0 Å². The standard InChI is InChI=1S/C12H11N5S2.C4H8/c1-7-2-10-11(8(7)3-13)19-12(18-10)9(4-14)17-6-15-5-16-17;1-3-4-2/h3,5-6,10-11,13H,2H2,1H3;3H,1,4H2,2H3/b12-9+,13-3?;. The fourth-order valence-electron chi connectivity index (χ4n) is 2.32. The first-order valence-corrected chi connectivity index (χ1v) is 9.05. The van der Waals surface area contributed by atoms with Crippen molar-refractivity contribution >= 4 is 35.4 Å². The summed E-state index contributed by atoms with van der Waals surface area (Å²) >= 11 is 3.39. The summed E-state index contributed by atoms with van der Waals surface area (Å²) in [4.78, 5) is 3.88. The fourth-order valence-corrected chi connectivity index (χ4v) is 5.82. The minimum atomic E-state index is 0.296. The minimum Gasteiger partial charge on any atom is -0.308 e. The number of nitriles is 1. The fraction of sp³-hybridized carbons (Fsp3) is 0.375. The number of rotatable bonds is 3. The third-order valence-corrected chi connectivity index (χ3v) is 6.67. The van der Waals surface area contributed by atoms with Crippen molar-refractivity contribution in [2.24, 2.45) is 0 Å². The van der Waals surface area contributed by atoms with Gasteiger partial charge >= 0.3 is 0 Å². The lowest BCUT2D eigenvalue weighted by Crippen LogP contribution is -2.10. The molecule has 1 fully saturated rings. The largest absolute Gasteiger partial charge is 0.308 e. The van der Waals surface area contributed by atoms with E-state index in [9.17, 15) is 5.26 Å². The van der Waals surface area contributed by atoms with Crippen LogP contribution in [-0.2, 0) is 0 Å². The summed E-state index contributed by atoms with van der Waals surface area (Å²) < 4.78 is 2.49. The van der Waals surface area contributed by atoms with Crippen LogP contribution in [0.25, 0.3) is 5.70 Å². The lowest BCUT2D eigenvalue weighted by atomic mass is 10.2. The van der Waals surface area contributed by atoms with Crippen LogP contribution in [0.1, 0.15) is 26.7 Å². The van der Waals surface area contributed by atoms with Gasteiger partial charge in [-0.2, -0.15) is 10.4 Å². The van der Waals surface area contributed by atoms with Gasteiger partial charge in [0.2, 0.25) is 0 Å². The molecule has 3 rings (SSSR count). The highest BCUT2D eigenvalue weighted by molar-refractivity contribution is 8.26. The van der Waals surface area contributed by atoms with Crippen molar-refractivity contribution in [2.75, 3.05) is 0 Å². The average Bonchev–Trinajstić information content (AvgIpc) is 3.25. The predicted molar refractivity (Wildman–Crippen MR) is 98.2 cm³/mol. The molecule has 1 aliphatic carbocycles. The molecule has 2 unspecified atom stereocenters. The van der Waals surface area contributed by atoms with Crippen LogP contribution in [0.4, 0.5) is 0 Å². The summed E-state index contributed by atoms with van der Waals surface area (Å²) in [5.41, 5.74) is 2.93. The van der Waals surface area contributed by atoms with E-state index in [4.69, 9.17) is 5.41 Å². The van der Waals surface area contributed by atoms with Crippen LogP contribution in [0.5, 0.6) is 0 Å². The second-order valence-corrected chi connectivity index (χ2v) is 7.72. The molecule has 1 aromatic rings. The first-order chi connectivity index (χ1) is 11.2. The van der Waals surface area contributed by atoms with E-state index in [0.717, 1.165) is 22.7 Å². The normalized spacial score (nSPS) is 24.4. The molecule has 0 spiro atoms. The number of allylic oxidation sites excluding steroid dienone is 3. The van der Waals surface area contributed by atoms with Crippen LogP contribution in [-0.4, -0.2) is 31.5 Å². The minimum absolute atomic E-state index is 0.296. The number of nitrogens with one attached hydrogen (secondary N) is 1. The highest BCUT2D eigenvalue weighted by Crippen LogP contribution is 2.56. The van der Waals surface area contributed by atoms with Crippen LogP contribution < -0.4 is 0 Å². The molecular formula is C16H19N5S2. The third-order valence-electron chi connectivity index (χ3n) is 3.53. The van der Waals surface area contributed by atoms with Gasteiger partial charge in [0, 0.05) is 16.7 Å². The zero-order valence-electron chi connectivity index (χ0n) is 13.2. The van der Waals surface area contributed by atoms with E-state index in [1.165, 1.54) is 22.8 Å². The Morgan fingerprint density at radius 3 is 2.87 bits per heavy atom. The summed E-state index contributed by atoms with van der Waals surface area (Å²) in [7, 11) is 0. The molecule has 2 atom stereocenters. The summed E-state index contributed by atoms with van der Waals surface area (Å²) in [6.07, 6.45) is 8.38. The van der Waals surface area contributed by atoms with Gasteiger partial charge < -0.3 is 5.41 Å². The molecule has 2 heterocycles. The van der Waals surface area contributed by atoms with Crippen LogP contribution in [0.15, 0.2) is 40.7 Å². The molecule has 0 saturated carbocycles. The summed E-state index contributed by atoms with van der Waals surface area (Å²) in [5, 5.41) is 21.6. The maximum atomic E-state index is 9.32. The van der Waals surface area contributed by atoms with Crippen molar-refractivity contribution in [3.63, 3.8) is 0 Å². The molecule has 120 valence electrons. The molecule has 5 nitrogen and oxygen atoms in total. The van der Waals surface area contributed by atoms with Gasteiger partial charge in [-0.15, -0.1) is 30.1 Å². The van der Waals surface area contributed by atoms with E-state index < -0.39 is 0 Å². The van der Waals surface area contributed by atoms with E-state index in [0.29, 0.717) is 16.2 Å². The Morgan fingerprint density at radius 2 is 2.35 bits per heavy atom. The molecule has 0 aromatic carbocycles.